The first-order valence-electron chi connectivity index (χ1n) is 8.63. The first-order valence-corrected chi connectivity index (χ1v) is 8.63. The molecule has 0 heterocycles. The van der Waals surface area contributed by atoms with Gasteiger partial charge in [-0.15, -0.1) is 0 Å². The highest BCUT2D eigenvalue weighted by molar-refractivity contribution is 5.83. The Morgan fingerprint density at radius 1 is 1.27 bits per heavy atom. The number of nitrogens with zero attached hydrogens (tertiary/aromatic N) is 2. The molecule has 0 aromatic heterocycles. The van der Waals surface area contributed by atoms with Gasteiger partial charge in [0.1, 0.15) is 0 Å². The first-order chi connectivity index (χ1) is 12.3. The number of aryl methyl sites for hydroxylation is 1. The van der Waals surface area contributed by atoms with Crippen LogP contribution in [-0.2, 0) is 20.7 Å². The van der Waals surface area contributed by atoms with Gasteiger partial charge in [-0.25, -0.2) is 9.86 Å². The molecule has 1 rings (SSSR count). The molecule has 0 radical (unpaired) electrons. The van der Waals surface area contributed by atoms with Crippen LogP contribution in [-0.4, -0.2) is 40.2 Å². The first kappa shape index (κ1) is 21.6. The highest BCUT2D eigenvalue weighted by Gasteiger charge is 2.33. The summed E-state index contributed by atoms with van der Waals surface area (Å²) < 4.78 is 4.68. The van der Waals surface area contributed by atoms with Crippen molar-refractivity contribution < 1.29 is 24.5 Å². The molecule has 144 valence electrons. The largest absolute Gasteiger partial charge is 0.467 e. The topological polar surface area (TPSA) is 110 Å². The molecule has 8 nitrogen and oxygen atoms in total. The molecule has 1 N–H and O–H groups in total. The summed E-state index contributed by atoms with van der Waals surface area (Å²) in [5, 5.41) is 21.2. The number of ether oxygens (including phenoxy) is 1. The second-order valence-corrected chi connectivity index (χ2v) is 6.22. The van der Waals surface area contributed by atoms with Crippen molar-refractivity contribution in [1.29, 1.82) is 0 Å². The number of nitro groups is 1. The fourth-order valence-electron chi connectivity index (χ4n) is 2.58. The number of non-ortho nitro benzene ring substituents is 1. The monoisotopic (exact) mass is 366 g/mol. The van der Waals surface area contributed by atoms with E-state index in [9.17, 15) is 24.9 Å². The maximum Gasteiger partial charge on any atom is 0.331 e. The molecule has 0 spiro atoms. The quantitative estimate of drug-likeness (QED) is 0.224. The van der Waals surface area contributed by atoms with Crippen LogP contribution in [0.15, 0.2) is 24.3 Å². The number of benzene rings is 1. The summed E-state index contributed by atoms with van der Waals surface area (Å²) in [6.07, 6.45) is 2.60. The van der Waals surface area contributed by atoms with Crippen LogP contribution in [0, 0.1) is 16.0 Å². The number of nitro benzene ring substituents is 1. The normalized spacial score (nSPS) is 12.9. The highest BCUT2D eigenvalue weighted by atomic mass is 16.6. The standard InChI is InChI=1S/C18H26N2O6/c1-4-13(2)17(18(22)26-3)19(23)16(21)8-6-5-7-14-9-11-15(12-10-14)20(24)25/h9-13,17,23H,4-8H2,1-3H3/t13-,17-/m0/s1. The SMILES string of the molecule is CC[C@H](C)[C@@H](C(=O)OC)N(O)C(=O)CCCCc1ccc([N+](=O)[O-])cc1. The molecule has 26 heavy (non-hydrogen) atoms. The van der Waals surface area contributed by atoms with Crippen molar-refractivity contribution in [3.8, 4) is 0 Å². The molecule has 0 aliphatic carbocycles. The van der Waals surface area contributed by atoms with Crippen LogP contribution in [0.1, 0.15) is 45.1 Å². The number of hydroxylamine groups is 2. The van der Waals surface area contributed by atoms with E-state index in [1.54, 1.807) is 19.1 Å². The lowest BCUT2D eigenvalue weighted by atomic mass is 9.98. The van der Waals surface area contributed by atoms with E-state index in [-0.39, 0.29) is 18.0 Å². The summed E-state index contributed by atoms with van der Waals surface area (Å²) >= 11 is 0. The number of carbonyl (C=O) groups excluding carboxylic acids is 2. The van der Waals surface area contributed by atoms with Crippen LogP contribution in [0.2, 0.25) is 0 Å². The zero-order chi connectivity index (χ0) is 19.7. The molecule has 0 bridgehead atoms. The lowest BCUT2D eigenvalue weighted by Gasteiger charge is -2.28. The van der Waals surface area contributed by atoms with Crippen LogP contribution in [0.3, 0.4) is 0 Å². The number of esters is 1. The third-order valence-corrected chi connectivity index (χ3v) is 4.40. The second kappa shape index (κ2) is 10.5. The second-order valence-electron chi connectivity index (χ2n) is 6.22. The minimum absolute atomic E-state index is 0.0405. The summed E-state index contributed by atoms with van der Waals surface area (Å²) in [7, 11) is 1.22. The zero-order valence-electron chi connectivity index (χ0n) is 15.4. The van der Waals surface area contributed by atoms with Gasteiger partial charge in [-0.1, -0.05) is 32.4 Å². The Morgan fingerprint density at radius 3 is 2.38 bits per heavy atom. The van der Waals surface area contributed by atoms with Crippen LogP contribution in [0.4, 0.5) is 5.69 Å². The summed E-state index contributed by atoms with van der Waals surface area (Å²) in [4.78, 5) is 34.1. The van der Waals surface area contributed by atoms with E-state index in [1.165, 1.54) is 19.2 Å². The number of carbonyl (C=O) groups is 2. The number of hydrogen-bond donors (Lipinski definition) is 1. The number of methoxy groups -OCH3 is 1. The molecule has 0 saturated carbocycles. The average Bonchev–Trinajstić information content (AvgIpc) is 2.64. The van der Waals surface area contributed by atoms with Gasteiger partial charge in [-0.2, -0.15) is 0 Å². The van der Waals surface area contributed by atoms with E-state index in [0.717, 1.165) is 5.56 Å². The molecule has 1 amide bonds. The molecular formula is C18H26N2O6. The molecule has 0 aliphatic rings. The third-order valence-electron chi connectivity index (χ3n) is 4.40. The Labute approximate surface area is 152 Å². The van der Waals surface area contributed by atoms with Crippen molar-refractivity contribution in [3.63, 3.8) is 0 Å². The summed E-state index contributed by atoms with van der Waals surface area (Å²) in [6, 6.07) is 5.27. The lowest BCUT2D eigenvalue weighted by Crippen LogP contribution is -2.47. The Morgan fingerprint density at radius 2 is 1.88 bits per heavy atom. The highest BCUT2D eigenvalue weighted by Crippen LogP contribution is 2.17. The molecule has 1 aromatic rings. The summed E-state index contributed by atoms with van der Waals surface area (Å²) in [6.45, 7) is 3.63. The van der Waals surface area contributed by atoms with Crippen molar-refractivity contribution in [2.75, 3.05) is 7.11 Å². The predicted molar refractivity (Wildman–Crippen MR) is 94.5 cm³/mol. The smallest absolute Gasteiger partial charge is 0.331 e. The molecule has 0 fully saturated rings. The van der Waals surface area contributed by atoms with Gasteiger partial charge in [-0.05, 0) is 30.7 Å². The van der Waals surface area contributed by atoms with Gasteiger partial charge >= 0.3 is 5.97 Å². The Bertz CT molecular complexity index is 617. The average molecular weight is 366 g/mol. The van der Waals surface area contributed by atoms with Gasteiger partial charge in [-0.3, -0.25) is 20.1 Å². The van der Waals surface area contributed by atoms with E-state index in [4.69, 9.17) is 0 Å². The molecule has 0 saturated heterocycles. The maximum atomic E-state index is 12.1. The van der Waals surface area contributed by atoms with Crippen molar-refractivity contribution in [1.82, 2.24) is 5.06 Å². The van der Waals surface area contributed by atoms with Gasteiger partial charge in [0.2, 0.25) is 5.91 Å². The van der Waals surface area contributed by atoms with Crippen LogP contribution in [0.25, 0.3) is 0 Å². The minimum Gasteiger partial charge on any atom is -0.467 e. The van der Waals surface area contributed by atoms with Gasteiger partial charge in [0.25, 0.3) is 5.69 Å². The van der Waals surface area contributed by atoms with Gasteiger partial charge in [0.05, 0.1) is 12.0 Å². The molecule has 0 unspecified atom stereocenters. The Balaban J connectivity index is 2.49. The fourth-order valence-corrected chi connectivity index (χ4v) is 2.58. The fraction of sp³-hybridized carbons (Fsp3) is 0.556. The predicted octanol–water partition coefficient (Wildman–Crippen LogP) is 3.11. The molecule has 0 aliphatic heterocycles. The van der Waals surface area contributed by atoms with Crippen molar-refractivity contribution in [2.45, 2.75) is 52.0 Å². The van der Waals surface area contributed by atoms with E-state index < -0.39 is 22.8 Å². The Kier molecular flexibility index (Phi) is 8.71. The summed E-state index contributed by atoms with van der Waals surface area (Å²) in [5.74, 6) is -1.39. The minimum atomic E-state index is -1.01. The molecule has 8 heteroatoms. The van der Waals surface area contributed by atoms with E-state index in [2.05, 4.69) is 4.74 Å². The van der Waals surface area contributed by atoms with E-state index in [1.807, 2.05) is 6.92 Å². The maximum absolute atomic E-state index is 12.1. The van der Waals surface area contributed by atoms with Crippen LogP contribution in [0.5, 0.6) is 0 Å². The Hall–Kier alpha value is -2.48. The molecule has 1 aromatic carbocycles. The molecular weight excluding hydrogens is 340 g/mol. The van der Waals surface area contributed by atoms with E-state index >= 15 is 0 Å². The number of amides is 1. The van der Waals surface area contributed by atoms with Gasteiger partial charge in [0, 0.05) is 18.6 Å². The van der Waals surface area contributed by atoms with Crippen LogP contribution >= 0.6 is 0 Å². The number of hydrogen-bond acceptors (Lipinski definition) is 6. The van der Waals surface area contributed by atoms with Crippen molar-refractivity contribution >= 4 is 17.6 Å². The lowest BCUT2D eigenvalue weighted by molar-refractivity contribution is -0.384. The van der Waals surface area contributed by atoms with Crippen LogP contribution < -0.4 is 0 Å². The third kappa shape index (κ3) is 6.11. The van der Waals surface area contributed by atoms with Crippen molar-refractivity contribution in [2.24, 2.45) is 5.92 Å². The van der Waals surface area contributed by atoms with Crippen molar-refractivity contribution in [3.05, 3.63) is 39.9 Å². The van der Waals surface area contributed by atoms with Gasteiger partial charge in [0.15, 0.2) is 6.04 Å². The van der Waals surface area contributed by atoms with Gasteiger partial charge < -0.3 is 4.74 Å². The number of unbranched alkanes of at least 4 members (excludes halogenated alkanes) is 1. The molecule has 2 atom stereocenters. The summed E-state index contributed by atoms with van der Waals surface area (Å²) in [5.41, 5.74) is 0.981. The van der Waals surface area contributed by atoms with E-state index in [0.29, 0.717) is 30.7 Å². The zero-order valence-corrected chi connectivity index (χ0v) is 15.4. The number of rotatable bonds is 10.